The topological polar surface area (TPSA) is 247 Å². The number of carbonyl (C=O) groups is 4. The summed E-state index contributed by atoms with van der Waals surface area (Å²) in [7, 11) is 0. The molecular formula is C43H55F6N11O6. The van der Waals surface area contributed by atoms with Gasteiger partial charge in [0.25, 0.3) is 0 Å². The van der Waals surface area contributed by atoms with E-state index in [0.717, 1.165) is 37.1 Å². The van der Waals surface area contributed by atoms with Crippen molar-refractivity contribution in [2.24, 2.45) is 16.5 Å². The summed E-state index contributed by atoms with van der Waals surface area (Å²) in [6.07, 6.45) is -6.67. The number of amides is 5. The van der Waals surface area contributed by atoms with Crippen molar-refractivity contribution in [3.63, 3.8) is 0 Å². The van der Waals surface area contributed by atoms with E-state index in [0.29, 0.717) is 64.0 Å². The number of carbonyl (C=O) groups excluding carboxylic acids is 4. The number of hydrogen-bond acceptors (Lipinski definition) is 10. The Labute approximate surface area is 376 Å². The van der Waals surface area contributed by atoms with Gasteiger partial charge in [0.05, 0.1) is 40.4 Å². The molecule has 5 amide bonds. The van der Waals surface area contributed by atoms with E-state index in [-0.39, 0.29) is 65.3 Å². The van der Waals surface area contributed by atoms with Crippen LogP contribution in [0.1, 0.15) is 75.8 Å². The summed E-state index contributed by atoms with van der Waals surface area (Å²) in [4.78, 5) is 56.0. The SMILES string of the molecule is CCCCCC(=O)Nc1cc(C(F)(F)F)cc(NC(=O)Nc2ccc(NCC(=O)Nc3cc(C(F)(F)F)cc(NC(=O)CCCCN=C(N)N)c3OC3CCNC3)cc2)c1OC1CCNC1. The Morgan fingerprint density at radius 2 is 1.11 bits per heavy atom. The molecule has 360 valence electrons. The van der Waals surface area contributed by atoms with Gasteiger partial charge in [0.1, 0.15) is 12.2 Å². The molecule has 3 aromatic carbocycles. The molecule has 0 aliphatic carbocycles. The van der Waals surface area contributed by atoms with Crippen molar-refractivity contribution >= 4 is 63.8 Å². The van der Waals surface area contributed by atoms with Crippen LogP contribution < -0.4 is 63.5 Å². The first-order valence-corrected chi connectivity index (χ1v) is 21.5. The van der Waals surface area contributed by atoms with Gasteiger partial charge in [-0.05, 0) is 93.7 Å². The Balaban J connectivity index is 1.27. The summed E-state index contributed by atoms with van der Waals surface area (Å²) in [6.45, 7) is 3.71. The fraction of sp³-hybridized carbons (Fsp3) is 0.465. The monoisotopic (exact) mass is 935 g/mol. The molecule has 0 radical (unpaired) electrons. The standard InChI is InChI=1S/C43H55F6N11O6/c1-2-3-4-7-35(61)58-32-19-26(43(47,48)49)21-34(39(32)66-30-14-17-53-23-30)60-41(64)56-28-11-9-27(10-12-28)55-24-37(63)59-33-20-25(42(44,45)46)18-31(38(33)65-29-13-16-52-22-29)57-36(62)8-5-6-15-54-40(50)51/h9-12,18-21,29-30,52-53,55H,2-8,13-17,22-24H2,1H3,(H,57,62)(H,58,61)(H,59,63)(H4,50,51,54)(H2,56,60,64). The molecule has 3 aromatic rings. The van der Waals surface area contributed by atoms with Gasteiger partial charge in [0.2, 0.25) is 17.7 Å². The highest BCUT2D eigenvalue weighted by atomic mass is 19.4. The van der Waals surface area contributed by atoms with Crippen molar-refractivity contribution < 1.29 is 55.0 Å². The van der Waals surface area contributed by atoms with Gasteiger partial charge in [-0.2, -0.15) is 26.3 Å². The van der Waals surface area contributed by atoms with Crippen LogP contribution in [0.5, 0.6) is 11.5 Å². The number of benzene rings is 3. The van der Waals surface area contributed by atoms with Crippen molar-refractivity contribution in [3.05, 3.63) is 59.7 Å². The molecule has 66 heavy (non-hydrogen) atoms. The van der Waals surface area contributed by atoms with Gasteiger partial charge < -0.3 is 63.5 Å². The van der Waals surface area contributed by atoms with Crippen molar-refractivity contribution in [1.82, 2.24) is 10.6 Å². The van der Waals surface area contributed by atoms with E-state index in [4.69, 9.17) is 20.9 Å². The van der Waals surface area contributed by atoms with Crippen LogP contribution in [0, 0.1) is 0 Å². The van der Waals surface area contributed by atoms with Crippen molar-refractivity contribution in [2.75, 3.05) is 71.2 Å². The van der Waals surface area contributed by atoms with Gasteiger partial charge in [0.15, 0.2) is 17.5 Å². The van der Waals surface area contributed by atoms with E-state index in [2.05, 4.69) is 47.5 Å². The Hall–Kier alpha value is -6.49. The minimum absolute atomic E-state index is 0.0590. The number of rotatable bonds is 21. The third-order valence-corrected chi connectivity index (χ3v) is 10.2. The molecule has 0 aromatic heterocycles. The lowest BCUT2D eigenvalue weighted by molar-refractivity contribution is -0.138. The average Bonchev–Trinajstić information content (AvgIpc) is 3.97. The number of alkyl halides is 6. The summed E-state index contributed by atoms with van der Waals surface area (Å²) in [5.74, 6) is -2.28. The molecule has 2 aliphatic rings. The molecule has 12 N–H and O–H groups in total. The molecular weight excluding hydrogens is 881 g/mol. The lowest BCUT2D eigenvalue weighted by atomic mass is 10.1. The molecule has 17 nitrogen and oxygen atoms in total. The van der Waals surface area contributed by atoms with Crippen LogP contribution in [0.15, 0.2) is 53.5 Å². The molecule has 23 heteroatoms. The number of hydrogen-bond donors (Lipinski definition) is 10. The first-order valence-electron chi connectivity index (χ1n) is 21.5. The predicted octanol–water partition coefficient (Wildman–Crippen LogP) is 6.80. The van der Waals surface area contributed by atoms with E-state index >= 15 is 0 Å². The Bertz CT molecular complexity index is 2170. The lowest BCUT2D eigenvalue weighted by Crippen LogP contribution is -2.25. The summed E-state index contributed by atoms with van der Waals surface area (Å²) < 4.78 is 96.9. The first kappa shape index (κ1) is 50.5. The Morgan fingerprint density at radius 3 is 1.55 bits per heavy atom. The van der Waals surface area contributed by atoms with Crippen LogP contribution >= 0.6 is 0 Å². The number of nitrogens with two attached hydrogens (primary N) is 2. The van der Waals surface area contributed by atoms with E-state index < -0.39 is 66.0 Å². The maximum atomic E-state index is 14.1. The van der Waals surface area contributed by atoms with Gasteiger partial charge in [-0.15, -0.1) is 0 Å². The minimum atomic E-state index is -4.86. The summed E-state index contributed by atoms with van der Waals surface area (Å²) in [6, 6.07) is 7.82. The minimum Gasteiger partial charge on any atom is -0.485 e. The molecule has 0 saturated carbocycles. The molecule has 0 bridgehead atoms. The summed E-state index contributed by atoms with van der Waals surface area (Å²) >= 11 is 0. The number of guanidine groups is 1. The third-order valence-electron chi connectivity index (χ3n) is 10.2. The second-order valence-corrected chi connectivity index (χ2v) is 15.6. The summed E-state index contributed by atoms with van der Waals surface area (Å²) in [5, 5.41) is 21.5. The maximum Gasteiger partial charge on any atom is 0.416 e. The number of nitrogens with zero attached hydrogens (tertiary/aromatic N) is 1. The van der Waals surface area contributed by atoms with Crippen LogP contribution in [-0.2, 0) is 26.7 Å². The molecule has 0 spiro atoms. The molecule has 2 saturated heterocycles. The molecule has 2 fully saturated rings. The molecule has 2 aliphatic heterocycles. The maximum absolute atomic E-state index is 14.1. The third kappa shape index (κ3) is 15.9. The molecule has 2 heterocycles. The number of unbranched alkanes of at least 4 members (excludes halogenated alkanes) is 3. The number of aliphatic imine (C=N–C) groups is 1. The highest BCUT2D eigenvalue weighted by molar-refractivity contribution is 6.03. The molecule has 2 atom stereocenters. The zero-order chi connectivity index (χ0) is 47.9. The highest BCUT2D eigenvalue weighted by Crippen LogP contribution is 2.43. The Morgan fingerprint density at radius 1 is 0.652 bits per heavy atom. The smallest absolute Gasteiger partial charge is 0.416 e. The van der Waals surface area contributed by atoms with E-state index in [1.165, 1.54) is 24.3 Å². The van der Waals surface area contributed by atoms with Crippen LogP contribution in [0.4, 0.5) is 65.3 Å². The highest BCUT2D eigenvalue weighted by Gasteiger charge is 2.35. The van der Waals surface area contributed by atoms with Gasteiger partial charge >= 0.3 is 18.4 Å². The number of anilines is 6. The van der Waals surface area contributed by atoms with Crippen LogP contribution in [0.3, 0.4) is 0 Å². The number of nitrogens with one attached hydrogen (secondary N) is 8. The van der Waals surface area contributed by atoms with E-state index in [1.807, 2.05) is 6.92 Å². The fourth-order valence-corrected chi connectivity index (χ4v) is 6.90. The van der Waals surface area contributed by atoms with Gasteiger partial charge in [-0.25, -0.2) is 4.79 Å². The zero-order valence-electron chi connectivity index (χ0n) is 36.2. The number of urea groups is 1. The van der Waals surface area contributed by atoms with Gasteiger partial charge in [0, 0.05) is 43.9 Å². The first-order chi connectivity index (χ1) is 31.4. The molecule has 5 rings (SSSR count). The Kier molecular flexibility index (Phi) is 18.1. The lowest BCUT2D eigenvalue weighted by Gasteiger charge is -2.22. The fourth-order valence-electron chi connectivity index (χ4n) is 6.90. The predicted molar refractivity (Wildman–Crippen MR) is 239 cm³/mol. The van der Waals surface area contributed by atoms with Crippen LogP contribution in [-0.4, -0.2) is 81.2 Å². The van der Waals surface area contributed by atoms with Crippen LogP contribution in [0.25, 0.3) is 0 Å². The van der Waals surface area contributed by atoms with Gasteiger partial charge in [-0.3, -0.25) is 19.4 Å². The van der Waals surface area contributed by atoms with Crippen molar-refractivity contribution in [2.45, 2.75) is 89.3 Å². The normalized spacial score (nSPS) is 15.9. The quantitative estimate of drug-likeness (QED) is 0.0230. The number of halogens is 6. The average molecular weight is 936 g/mol. The molecule has 2 unspecified atom stereocenters. The summed E-state index contributed by atoms with van der Waals surface area (Å²) in [5.41, 5.74) is 7.71. The van der Waals surface area contributed by atoms with E-state index in [9.17, 15) is 45.5 Å². The van der Waals surface area contributed by atoms with Crippen molar-refractivity contribution in [3.8, 4) is 11.5 Å². The van der Waals surface area contributed by atoms with E-state index in [1.54, 1.807) is 0 Å². The largest absolute Gasteiger partial charge is 0.485 e. The van der Waals surface area contributed by atoms with Crippen molar-refractivity contribution in [1.29, 1.82) is 0 Å². The van der Waals surface area contributed by atoms with Crippen LogP contribution in [0.2, 0.25) is 0 Å². The zero-order valence-corrected chi connectivity index (χ0v) is 36.2. The second kappa shape index (κ2) is 23.6. The van der Waals surface area contributed by atoms with Gasteiger partial charge in [-0.1, -0.05) is 19.8 Å². The second-order valence-electron chi connectivity index (χ2n) is 15.6. The number of ether oxygens (including phenoxy) is 2.